The molecule has 0 aliphatic carbocycles. The van der Waals surface area contributed by atoms with Gasteiger partial charge in [-0.15, -0.1) is 0 Å². The topological polar surface area (TPSA) is 49.2 Å². The van der Waals surface area contributed by atoms with E-state index in [1.807, 2.05) is 0 Å². The molecule has 1 N–H and O–H groups in total. The number of nitrogens with one attached hydrogen (secondary N) is 1. The highest BCUT2D eigenvalue weighted by atomic mass is 16.4. The molecule has 2 rings (SSSR count). The summed E-state index contributed by atoms with van der Waals surface area (Å²) >= 11 is 0. The first-order valence-corrected chi connectivity index (χ1v) is 4.23. The van der Waals surface area contributed by atoms with Gasteiger partial charge < -0.3 is 4.42 Å². The summed E-state index contributed by atoms with van der Waals surface area (Å²) in [5.74, 6) is 0.492. The molecule has 0 atom stereocenters. The number of aromatic nitrogens is 1. The summed E-state index contributed by atoms with van der Waals surface area (Å²) < 4.78 is 4.99. The Balaban J connectivity index is 2.28. The van der Waals surface area contributed by atoms with Crippen LogP contribution in [0.1, 0.15) is 18.4 Å². The van der Waals surface area contributed by atoms with Gasteiger partial charge in [-0.25, -0.2) is 4.79 Å². The van der Waals surface area contributed by atoms with Crippen molar-refractivity contribution in [2.45, 2.75) is 19.9 Å². The van der Waals surface area contributed by atoms with Crippen molar-refractivity contribution in [1.82, 2.24) is 9.88 Å². The summed E-state index contributed by atoms with van der Waals surface area (Å²) in [6.45, 7) is 4.90. The van der Waals surface area contributed by atoms with Gasteiger partial charge >= 0.3 is 5.76 Å². The van der Waals surface area contributed by atoms with E-state index in [0.29, 0.717) is 0 Å². The van der Waals surface area contributed by atoms with Gasteiger partial charge in [0.25, 0.3) is 0 Å². The molecule has 66 valence electrons. The molecule has 4 nitrogen and oxygen atoms in total. The molecule has 12 heavy (non-hydrogen) atoms. The average Bonchev–Trinajstić information content (AvgIpc) is 2.43. The molecule has 4 heteroatoms. The predicted molar refractivity (Wildman–Crippen MR) is 44.0 cm³/mol. The van der Waals surface area contributed by atoms with E-state index >= 15 is 0 Å². The van der Waals surface area contributed by atoms with Crippen LogP contribution in [-0.4, -0.2) is 23.0 Å². The number of likely N-dealkylation sites (N-methyl/N-ethyl adjacent to an activating group) is 1. The normalized spacial score (nSPS) is 17.8. The predicted octanol–water partition coefficient (Wildman–Crippen LogP) is 0.346. The van der Waals surface area contributed by atoms with Crippen LogP contribution in [0.5, 0.6) is 0 Å². The maximum Gasteiger partial charge on any atom is 0.416 e. The molecule has 0 amide bonds. The molecule has 0 unspecified atom stereocenters. The van der Waals surface area contributed by atoms with E-state index < -0.39 is 0 Å². The Hall–Kier alpha value is -1.03. The zero-order valence-corrected chi connectivity index (χ0v) is 7.09. The largest absolute Gasteiger partial charge is 0.416 e. The summed E-state index contributed by atoms with van der Waals surface area (Å²) in [5.41, 5.74) is 0.977. The summed E-state index contributed by atoms with van der Waals surface area (Å²) in [5, 5.41) is 0. The van der Waals surface area contributed by atoms with Gasteiger partial charge in [0, 0.05) is 13.0 Å². The second-order valence-corrected chi connectivity index (χ2v) is 3.04. The number of oxazole rings is 1. The van der Waals surface area contributed by atoms with Gasteiger partial charge in [0.05, 0.1) is 12.2 Å². The summed E-state index contributed by atoms with van der Waals surface area (Å²) in [6.07, 6.45) is 0.898. The fourth-order valence-electron chi connectivity index (χ4n) is 1.54. The first-order chi connectivity index (χ1) is 5.79. The number of H-pyrrole nitrogens is 1. The van der Waals surface area contributed by atoms with Crippen LogP contribution in [0.2, 0.25) is 0 Å². The molecular weight excluding hydrogens is 156 g/mol. The van der Waals surface area contributed by atoms with Gasteiger partial charge in [0.15, 0.2) is 0 Å². The highest BCUT2D eigenvalue weighted by Crippen LogP contribution is 2.14. The second-order valence-electron chi connectivity index (χ2n) is 3.04. The SMILES string of the molecule is CCN1CCc2[nH]c(=O)oc2C1. The quantitative estimate of drug-likeness (QED) is 0.658. The van der Waals surface area contributed by atoms with E-state index in [4.69, 9.17) is 4.42 Å². The van der Waals surface area contributed by atoms with E-state index in [1.165, 1.54) is 0 Å². The number of rotatable bonds is 1. The van der Waals surface area contributed by atoms with Gasteiger partial charge in [-0.2, -0.15) is 0 Å². The summed E-state index contributed by atoms with van der Waals surface area (Å²) in [7, 11) is 0. The Morgan fingerprint density at radius 2 is 2.50 bits per heavy atom. The average molecular weight is 168 g/mol. The third-order valence-corrected chi connectivity index (χ3v) is 2.30. The Bertz CT molecular complexity index is 326. The first kappa shape index (κ1) is 7.61. The first-order valence-electron chi connectivity index (χ1n) is 4.23. The zero-order valence-electron chi connectivity index (χ0n) is 7.09. The lowest BCUT2D eigenvalue weighted by Gasteiger charge is -2.22. The van der Waals surface area contributed by atoms with E-state index in [2.05, 4.69) is 16.8 Å². The number of fused-ring (bicyclic) bond motifs is 1. The highest BCUT2D eigenvalue weighted by molar-refractivity contribution is 5.10. The Morgan fingerprint density at radius 3 is 3.25 bits per heavy atom. The van der Waals surface area contributed by atoms with Crippen molar-refractivity contribution in [2.24, 2.45) is 0 Å². The van der Waals surface area contributed by atoms with Crippen LogP contribution < -0.4 is 5.76 Å². The molecule has 0 bridgehead atoms. The van der Waals surface area contributed by atoms with Crippen LogP contribution in [0, 0.1) is 0 Å². The van der Waals surface area contributed by atoms with Crippen LogP contribution in [0.25, 0.3) is 0 Å². The van der Waals surface area contributed by atoms with E-state index in [9.17, 15) is 4.79 Å². The van der Waals surface area contributed by atoms with E-state index in [1.54, 1.807) is 0 Å². The van der Waals surface area contributed by atoms with Crippen LogP contribution in [0.3, 0.4) is 0 Å². The number of hydrogen-bond donors (Lipinski definition) is 1. The molecule has 2 heterocycles. The fourth-order valence-corrected chi connectivity index (χ4v) is 1.54. The van der Waals surface area contributed by atoms with Crippen LogP contribution in [-0.2, 0) is 13.0 Å². The van der Waals surface area contributed by atoms with Crippen molar-refractivity contribution in [3.05, 3.63) is 22.0 Å². The van der Waals surface area contributed by atoms with Crippen molar-refractivity contribution in [3.8, 4) is 0 Å². The van der Waals surface area contributed by atoms with Gasteiger partial charge in [-0.3, -0.25) is 9.88 Å². The molecule has 0 saturated carbocycles. The smallest absolute Gasteiger partial charge is 0.411 e. The number of aromatic amines is 1. The third kappa shape index (κ3) is 1.18. The van der Waals surface area contributed by atoms with Gasteiger partial charge in [-0.1, -0.05) is 6.92 Å². The molecule has 0 saturated heterocycles. The summed E-state index contributed by atoms with van der Waals surface area (Å²) in [4.78, 5) is 15.8. The standard InChI is InChI=1S/C8H12N2O2/c1-2-10-4-3-6-7(5-10)12-8(11)9-6/h2-5H2,1H3,(H,9,11). The second kappa shape index (κ2) is 2.79. The van der Waals surface area contributed by atoms with Crippen molar-refractivity contribution >= 4 is 0 Å². The van der Waals surface area contributed by atoms with Crippen LogP contribution >= 0.6 is 0 Å². The zero-order chi connectivity index (χ0) is 8.55. The molecule has 1 aliphatic heterocycles. The Kier molecular flexibility index (Phi) is 1.77. The molecular formula is C8H12N2O2. The lowest BCUT2D eigenvalue weighted by Crippen LogP contribution is -2.29. The molecule has 0 fully saturated rings. The lowest BCUT2D eigenvalue weighted by atomic mass is 10.2. The van der Waals surface area contributed by atoms with Gasteiger partial charge in [0.2, 0.25) is 0 Å². The van der Waals surface area contributed by atoms with Crippen LogP contribution in [0.15, 0.2) is 9.21 Å². The maximum absolute atomic E-state index is 10.8. The molecule has 1 aromatic heterocycles. The van der Waals surface area contributed by atoms with Crippen molar-refractivity contribution in [3.63, 3.8) is 0 Å². The Labute approximate surface area is 70.2 Å². The minimum Gasteiger partial charge on any atom is -0.411 e. The summed E-state index contributed by atoms with van der Waals surface area (Å²) in [6, 6.07) is 0. The van der Waals surface area contributed by atoms with E-state index in [0.717, 1.165) is 37.5 Å². The third-order valence-electron chi connectivity index (χ3n) is 2.30. The van der Waals surface area contributed by atoms with E-state index in [-0.39, 0.29) is 5.76 Å². The molecule has 0 aromatic carbocycles. The minimum atomic E-state index is -0.321. The van der Waals surface area contributed by atoms with Gasteiger partial charge in [0.1, 0.15) is 5.76 Å². The molecule has 1 aromatic rings. The fraction of sp³-hybridized carbons (Fsp3) is 0.625. The maximum atomic E-state index is 10.8. The van der Waals surface area contributed by atoms with Crippen molar-refractivity contribution in [1.29, 1.82) is 0 Å². The van der Waals surface area contributed by atoms with Gasteiger partial charge in [-0.05, 0) is 6.54 Å². The molecule has 1 aliphatic rings. The van der Waals surface area contributed by atoms with Crippen molar-refractivity contribution < 1.29 is 4.42 Å². The highest BCUT2D eigenvalue weighted by Gasteiger charge is 2.18. The monoisotopic (exact) mass is 168 g/mol. The molecule has 0 spiro atoms. The van der Waals surface area contributed by atoms with Crippen molar-refractivity contribution in [2.75, 3.05) is 13.1 Å². The molecule has 0 radical (unpaired) electrons. The Morgan fingerprint density at radius 1 is 1.67 bits per heavy atom. The number of hydrogen-bond acceptors (Lipinski definition) is 3. The minimum absolute atomic E-state index is 0.321. The number of nitrogens with zero attached hydrogens (tertiary/aromatic N) is 1. The lowest BCUT2D eigenvalue weighted by molar-refractivity contribution is 0.238. The van der Waals surface area contributed by atoms with Crippen LogP contribution in [0.4, 0.5) is 0 Å².